The van der Waals surface area contributed by atoms with Crippen molar-refractivity contribution in [3.63, 3.8) is 0 Å². The van der Waals surface area contributed by atoms with Gasteiger partial charge in [0.25, 0.3) is 5.56 Å². The molecule has 90 valence electrons. The maximum Gasteiger partial charge on any atom is 0.328 e. The first-order valence-corrected chi connectivity index (χ1v) is 6.43. The average Bonchev–Trinajstić information content (AvgIpc) is 2.81. The molecule has 0 amide bonds. The normalized spacial score (nSPS) is 10.6. The van der Waals surface area contributed by atoms with E-state index in [1.54, 1.807) is 22.1 Å². The first-order chi connectivity index (χ1) is 8.20. The van der Waals surface area contributed by atoms with Crippen LogP contribution in [0.5, 0.6) is 0 Å². The predicted molar refractivity (Wildman–Crippen MR) is 68.7 cm³/mol. The predicted octanol–water partition coefficient (Wildman–Crippen LogP) is 1.40. The molecule has 0 aromatic carbocycles. The summed E-state index contributed by atoms with van der Waals surface area (Å²) in [5.74, 6) is 0. The van der Waals surface area contributed by atoms with Crippen molar-refractivity contribution in [2.45, 2.75) is 26.3 Å². The summed E-state index contributed by atoms with van der Waals surface area (Å²) in [7, 11) is 0. The molecule has 2 aromatic heterocycles. The van der Waals surface area contributed by atoms with E-state index in [1.807, 2.05) is 24.4 Å². The van der Waals surface area contributed by atoms with Gasteiger partial charge in [-0.1, -0.05) is 13.0 Å². The van der Waals surface area contributed by atoms with E-state index in [-0.39, 0.29) is 11.2 Å². The number of hydrogen-bond acceptors (Lipinski definition) is 3. The molecule has 2 aromatic rings. The monoisotopic (exact) mass is 250 g/mol. The van der Waals surface area contributed by atoms with Crippen molar-refractivity contribution in [1.82, 2.24) is 9.55 Å². The van der Waals surface area contributed by atoms with Gasteiger partial charge in [0, 0.05) is 23.2 Å². The van der Waals surface area contributed by atoms with Gasteiger partial charge < -0.3 is 0 Å². The Morgan fingerprint density at radius 3 is 2.88 bits per heavy atom. The minimum atomic E-state index is -0.330. The van der Waals surface area contributed by atoms with E-state index in [4.69, 9.17) is 0 Å². The van der Waals surface area contributed by atoms with E-state index in [2.05, 4.69) is 4.98 Å². The number of rotatable bonds is 4. The van der Waals surface area contributed by atoms with Gasteiger partial charge in [-0.05, 0) is 24.3 Å². The lowest BCUT2D eigenvalue weighted by molar-refractivity contribution is 0.641. The van der Waals surface area contributed by atoms with E-state index in [1.165, 1.54) is 4.88 Å². The van der Waals surface area contributed by atoms with Crippen molar-refractivity contribution >= 4 is 11.3 Å². The Labute approximate surface area is 103 Å². The number of thiophene rings is 1. The summed E-state index contributed by atoms with van der Waals surface area (Å²) in [5, 5.41) is 2.02. The van der Waals surface area contributed by atoms with Crippen LogP contribution in [-0.2, 0) is 19.4 Å². The second-order valence-corrected chi connectivity index (χ2v) is 4.82. The summed E-state index contributed by atoms with van der Waals surface area (Å²) in [6.45, 7) is 2.50. The van der Waals surface area contributed by atoms with Crippen molar-refractivity contribution < 1.29 is 0 Å². The Balaban J connectivity index is 2.21. The third-order valence-electron chi connectivity index (χ3n) is 2.64. The molecule has 0 radical (unpaired) electrons. The number of nitrogens with zero attached hydrogens (tertiary/aromatic N) is 1. The number of hydrogen-bond donors (Lipinski definition) is 1. The van der Waals surface area contributed by atoms with Crippen LogP contribution in [-0.4, -0.2) is 9.55 Å². The van der Waals surface area contributed by atoms with Crippen molar-refractivity contribution in [2.75, 3.05) is 0 Å². The minimum absolute atomic E-state index is 0.273. The van der Waals surface area contributed by atoms with Crippen molar-refractivity contribution in [3.8, 4) is 0 Å². The van der Waals surface area contributed by atoms with Crippen LogP contribution in [0.3, 0.4) is 0 Å². The van der Waals surface area contributed by atoms with Gasteiger partial charge in [0.1, 0.15) is 0 Å². The highest BCUT2D eigenvalue weighted by Gasteiger charge is 2.03. The van der Waals surface area contributed by atoms with Crippen LogP contribution in [0, 0.1) is 0 Å². The van der Waals surface area contributed by atoms with Crippen molar-refractivity contribution in [3.05, 3.63) is 55.0 Å². The maximum atomic E-state index is 11.6. The van der Waals surface area contributed by atoms with Gasteiger partial charge in [0.2, 0.25) is 0 Å². The average molecular weight is 250 g/mol. The molecule has 0 aliphatic carbocycles. The van der Waals surface area contributed by atoms with Crippen LogP contribution in [0.1, 0.15) is 17.4 Å². The first kappa shape index (κ1) is 11.9. The lowest BCUT2D eigenvalue weighted by Gasteiger charge is -2.05. The zero-order valence-corrected chi connectivity index (χ0v) is 10.4. The molecular formula is C12H14N2O2S. The minimum Gasteiger partial charge on any atom is -0.300 e. The molecule has 0 saturated heterocycles. The summed E-state index contributed by atoms with van der Waals surface area (Å²) in [6, 6.07) is 4.04. The SMILES string of the molecule is CCc1cn(CCc2cccs2)c(=O)[nH]c1=O. The summed E-state index contributed by atoms with van der Waals surface area (Å²) < 4.78 is 1.57. The standard InChI is InChI=1S/C12H14N2O2S/c1-2-9-8-14(12(16)13-11(9)15)6-5-10-4-3-7-17-10/h3-4,7-8H,2,5-6H2,1H3,(H,13,15,16). The van der Waals surface area contributed by atoms with Crippen LogP contribution in [0.25, 0.3) is 0 Å². The molecule has 0 aliphatic rings. The van der Waals surface area contributed by atoms with E-state index < -0.39 is 0 Å². The van der Waals surface area contributed by atoms with E-state index in [9.17, 15) is 9.59 Å². The van der Waals surface area contributed by atoms with Gasteiger partial charge in [0.15, 0.2) is 0 Å². The van der Waals surface area contributed by atoms with Crippen LogP contribution < -0.4 is 11.2 Å². The Kier molecular flexibility index (Phi) is 3.58. The highest BCUT2D eigenvalue weighted by atomic mass is 32.1. The molecule has 4 nitrogen and oxygen atoms in total. The summed E-state index contributed by atoms with van der Waals surface area (Å²) >= 11 is 1.67. The smallest absolute Gasteiger partial charge is 0.300 e. The van der Waals surface area contributed by atoms with Crippen LogP contribution in [0.2, 0.25) is 0 Å². The first-order valence-electron chi connectivity index (χ1n) is 5.55. The van der Waals surface area contributed by atoms with Gasteiger partial charge in [-0.25, -0.2) is 4.79 Å². The van der Waals surface area contributed by atoms with Gasteiger partial charge in [-0.15, -0.1) is 11.3 Å². The fraction of sp³-hybridized carbons (Fsp3) is 0.333. The summed E-state index contributed by atoms with van der Waals surface area (Å²) in [4.78, 5) is 26.5. The highest BCUT2D eigenvalue weighted by Crippen LogP contribution is 2.09. The Morgan fingerprint density at radius 1 is 1.41 bits per heavy atom. The zero-order chi connectivity index (χ0) is 12.3. The Bertz CT molecular complexity index is 596. The molecule has 0 saturated carbocycles. The zero-order valence-electron chi connectivity index (χ0n) is 9.60. The van der Waals surface area contributed by atoms with Crippen molar-refractivity contribution in [1.29, 1.82) is 0 Å². The highest BCUT2D eigenvalue weighted by molar-refractivity contribution is 7.09. The largest absolute Gasteiger partial charge is 0.328 e. The number of aryl methyl sites for hydroxylation is 3. The third-order valence-corrected chi connectivity index (χ3v) is 3.58. The van der Waals surface area contributed by atoms with Crippen LogP contribution in [0.15, 0.2) is 33.3 Å². The fourth-order valence-corrected chi connectivity index (χ4v) is 2.36. The molecule has 0 bridgehead atoms. The number of aromatic amines is 1. The summed E-state index contributed by atoms with van der Waals surface area (Å²) in [6.07, 6.45) is 3.11. The molecule has 0 atom stereocenters. The number of H-pyrrole nitrogens is 1. The lowest BCUT2D eigenvalue weighted by Crippen LogP contribution is -2.32. The van der Waals surface area contributed by atoms with Gasteiger partial charge in [-0.3, -0.25) is 14.3 Å². The van der Waals surface area contributed by atoms with Crippen LogP contribution >= 0.6 is 11.3 Å². The molecule has 0 fully saturated rings. The lowest BCUT2D eigenvalue weighted by atomic mass is 10.2. The number of nitrogens with one attached hydrogen (secondary N) is 1. The Hall–Kier alpha value is -1.62. The maximum absolute atomic E-state index is 11.6. The topological polar surface area (TPSA) is 54.9 Å². The molecule has 2 heterocycles. The molecule has 0 unspecified atom stereocenters. The van der Waals surface area contributed by atoms with E-state index in [0.717, 1.165) is 6.42 Å². The van der Waals surface area contributed by atoms with E-state index in [0.29, 0.717) is 18.5 Å². The molecule has 2 rings (SSSR count). The fourth-order valence-electron chi connectivity index (χ4n) is 1.66. The molecule has 5 heteroatoms. The molecular weight excluding hydrogens is 236 g/mol. The molecule has 1 N–H and O–H groups in total. The quantitative estimate of drug-likeness (QED) is 0.891. The Morgan fingerprint density at radius 2 is 2.24 bits per heavy atom. The number of aromatic nitrogens is 2. The van der Waals surface area contributed by atoms with E-state index >= 15 is 0 Å². The van der Waals surface area contributed by atoms with Gasteiger partial charge >= 0.3 is 5.69 Å². The summed E-state index contributed by atoms with van der Waals surface area (Å²) in [5.41, 5.74) is 0.0457. The molecule has 0 spiro atoms. The van der Waals surface area contributed by atoms with Crippen LogP contribution in [0.4, 0.5) is 0 Å². The molecule has 0 aliphatic heterocycles. The second-order valence-electron chi connectivity index (χ2n) is 3.79. The second kappa shape index (κ2) is 5.14. The molecule has 17 heavy (non-hydrogen) atoms. The van der Waals surface area contributed by atoms with Gasteiger partial charge in [-0.2, -0.15) is 0 Å². The van der Waals surface area contributed by atoms with Crippen molar-refractivity contribution in [2.24, 2.45) is 0 Å². The third kappa shape index (κ3) is 2.74. The van der Waals surface area contributed by atoms with Gasteiger partial charge in [0.05, 0.1) is 0 Å².